The summed E-state index contributed by atoms with van der Waals surface area (Å²) in [6, 6.07) is -0.643. The normalized spacial score (nSPS) is 12.7. The molecule has 0 bridgehead atoms. The first-order valence-corrected chi connectivity index (χ1v) is 29.6. The van der Waals surface area contributed by atoms with Crippen molar-refractivity contribution in [3.05, 3.63) is 24.3 Å². The number of carbonyl (C=O) groups is 2. The first-order chi connectivity index (χ1) is 32.5. The van der Waals surface area contributed by atoms with Crippen molar-refractivity contribution >= 4 is 11.9 Å². The standard InChI is InChI=1S/C60H115NO5/c1-3-5-7-9-11-13-15-17-19-21-23-24-25-27-29-32-36-40-44-48-52-58(63)57(56-62)61-59(64)53-49-45-41-37-33-31-35-39-43-47-51-55-66-60(65)54-50-46-42-38-34-30-28-26-22-20-18-16-14-12-10-8-6-4-2/h20,22,48,52,57-58,62-63H,3-19,21,23-47,49-51,53-56H2,1-2H3,(H,61,64)/b22-20-,52-48+. The number of amides is 1. The molecule has 0 aliphatic carbocycles. The highest BCUT2D eigenvalue weighted by Crippen LogP contribution is 2.17. The maximum Gasteiger partial charge on any atom is 0.305 e. The summed E-state index contributed by atoms with van der Waals surface area (Å²) in [5.41, 5.74) is 0. The van der Waals surface area contributed by atoms with E-state index in [9.17, 15) is 19.8 Å². The summed E-state index contributed by atoms with van der Waals surface area (Å²) in [5.74, 6) is -0.102. The van der Waals surface area contributed by atoms with Crippen molar-refractivity contribution in [2.24, 2.45) is 0 Å². The smallest absolute Gasteiger partial charge is 0.305 e. The van der Waals surface area contributed by atoms with Crippen molar-refractivity contribution in [3.8, 4) is 0 Å². The molecule has 0 aromatic heterocycles. The van der Waals surface area contributed by atoms with E-state index < -0.39 is 12.1 Å². The first kappa shape index (κ1) is 64.3. The zero-order valence-electron chi connectivity index (χ0n) is 44.4. The van der Waals surface area contributed by atoms with Gasteiger partial charge in [-0.1, -0.05) is 276 Å². The van der Waals surface area contributed by atoms with Crippen molar-refractivity contribution in [1.82, 2.24) is 5.32 Å². The van der Waals surface area contributed by atoms with Crippen LogP contribution >= 0.6 is 0 Å². The molecule has 66 heavy (non-hydrogen) atoms. The predicted octanol–water partition coefficient (Wildman–Crippen LogP) is 18.2. The van der Waals surface area contributed by atoms with Crippen molar-refractivity contribution in [3.63, 3.8) is 0 Å². The van der Waals surface area contributed by atoms with Gasteiger partial charge in [0.2, 0.25) is 5.91 Å². The Kier molecular flexibility index (Phi) is 54.5. The average molecular weight is 931 g/mol. The highest BCUT2D eigenvalue weighted by molar-refractivity contribution is 5.76. The lowest BCUT2D eigenvalue weighted by atomic mass is 10.0. The summed E-state index contributed by atoms with van der Waals surface area (Å²) in [7, 11) is 0. The minimum Gasteiger partial charge on any atom is -0.466 e. The van der Waals surface area contributed by atoms with Gasteiger partial charge in [-0.2, -0.15) is 0 Å². The summed E-state index contributed by atoms with van der Waals surface area (Å²) >= 11 is 0. The van der Waals surface area contributed by atoms with Gasteiger partial charge >= 0.3 is 5.97 Å². The van der Waals surface area contributed by atoms with E-state index in [1.165, 1.54) is 238 Å². The van der Waals surface area contributed by atoms with Crippen LogP contribution < -0.4 is 5.32 Å². The fourth-order valence-electron chi connectivity index (χ4n) is 9.16. The monoisotopic (exact) mass is 930 g/mol. The van der Waals surface area contributed by atoms with Gasteiger partial charge in [-0.25, -0.2) is 0 Å². The van der Waals surface area contributed by atoms with E-state index >= 15 is 0 Å². The van der Waals surface area contributed by atoms with Gasteiger partial charge in [-0.05, 0) is 57.8 Å². The number of unbranched alkanes of at least 4 members (excludes halogenated alkanes) is 42. The number of hydrogen-bond donors (Lipinski definition) is 3. The molecule has 0 heterocycles. The second-order valence-corrected chi connectivity index (χ2v) is 20.3. The van der Waals surface area contributed by atoms with Crippen LogP contribution in [0.4, 0.5) is 0 Å². The number of allylic oxidation sites excluding steroid dienone is 3. The minimum atomic E-state index is -0.857. The van der Waals surface area contributed by atoms with E-state index in [1.807, 2.05) is 6.08 Å². The molecular weight excluding hydrogens is 815 g/mol. The number of nitrogens with one attached hydrogen (secondary N) is 1. The molecule has 0 spiro atoms. The predicted molar refractivity (Wildman–Crippen MR) is 287 cm³/mol. The molecule has 0 saturated carbocycles. The highest BCUT2D eigenvalue weighted by atomic mass is 16.5. The molecule has 0 fully saturated rings. The summed E-state index contributed by atoms with van der Waals surface area (Å²) in [5, 5.41) is 23.2. The van der Waals surface area contributed by atoms with Gasteiger partial charge in [-0.15, -0.1) is 0 Å². The minimum absolute atomic E-state index is 0.0177. The molecule has 390 valence electrons. The Hall–Kier alpha value is -1.66. The molecule has 0 aromatic carbocycles. The third-order valence-corrected chi connectivity index (χ3v) is 13.7. The molecule has 0 rings (SSSR count). The van der Waals surface area contributed by atoms with Crippen LogP contribution in [0.15, 0.2) is 24.3 Å². The molecule has 1 amide bonds. The van der Waals surface area contributed by atoms with E-state index in [-0.39, 0.29) is 18.5 Å². The van der Waals surface area contributed by atoms with E-state index in [2.05, 4.69) is 31.3 Å². The van der Waals surface area contributed by atoms with Crippen LogP contribution in [0.5, 0.6) is 0 Å². The third-order valence-electron chi connectivity index (χ3n) is 13.7. The molecule has 6 nitrogen and oxygen atoms in total. The zero-order chi connectivity index (χ0) is 47.9. The fraction of sp³-hybridized carbons (Fsp3) is 0.900. The van der Waals surface area contributed by atoms with Gasteiger partial charge < -0.3 is 20.3 Å². The summed E-state index contributed by atoms with van der Waals surface area (Å²) in [6.45, 7) is 4.88. The summed E-state index contributed by atoms with van der Waals surface area (Å²) in [6.07, 6.45) is 67.7. The van der Waals surface area contributed by atoms with Gasteiger partial charge in [0.15, 0.2) is 0 Å². The Balaban J connectivity index is 3.49. The molecule has 0 saturated heterocycles. The third kappa shape index (κ3) is 51.7. The largest absolute Gasteiger partial charge is 0.466 e. The van der Waals surface area contributed by atoms with Gasteiger partial charge in [0.05, 0.1) is 25.4 Å². The van der Waals surface area contributed by atoms with Gasteiger partial charge in [-0.3, -0.25) is 9.59 Å². The van der Waals surface area contributed by atoms with Gasteiger partial charge in [0.25, 0.3) is 0 Å². The molecule has 3 N–H and O–H groups in total. The number of carbonyl (C=O) groups excluding carboxylic acids is 2. The first-order valence-electron chi connectivity index (χ1n) is 29.6. The number of ether oxygens (including phenoxy) is 1. The van der Waals surface area contributed by atoms with Crippen LogP contribution in [0.2, 0.25) is 0 Å². The molecule has 0 radical (unpaired) electrons. The maximum atomic E-state index is 12.5. The Morgan fingerprint density at radius 3 is 1.08 bits per heavy atom. The lowest BCUT2D eigenvalue weighted by Crippen LogP contribution is -2.45. The SMILES string of the molecule is CCCCCCCCC/C=C\CCCCCCCCCC(=O)OCCCCCCCCCCCCCC(=O)NC(CO)C(O)/C=C/CCCCCCCCCCCCCCCCCCCC. The van der Waals surface area contributed by atoms with Crippen molar-refractivity contribution in [1.29, 1.82) is 0 Å². The Bertz CT molecular complexity index is 1030. The quantitative estimate of drug-likeness (QED) is 0.0321. The van der Waals surface area contributed by atoms with Crippen LogP contribution in [0.1, 0.15) is 322 Å². The molecule has 2 atom stereocenters. The molecule has 2 unspecified atom stereocenters. The van der Waals surface area contributed by atoms with Crippen molar-refractivity contribution < 1.29 is 24.5 Å². The van der Waals surface area contributed by atoms with Crippen LogP contribution in [0.25, 0.3) is 0 Å². The number of aliphatic hydroxyl groups is 2. The van der Waals surface area contributed by atoms with E-state index in [4.69, 9.17) is 4.74 Å². The molecular formula is C60H115NO5. The van der Waals surface area contributed by atoms with E-state index in [0.717, 1.165) is 57.8 Å². The highest BCUT2D eigenvalue weighted by Gasteiger charge is 2.18. The Morgan fingerprint density at radius 1 is 0.409 bits per heavy atom. The number of hydrogen-bond acceptors (Lipinski definition) is 5. The second-order valence-electron chi connectivity index (χ2n) is 20.3. The lowest BCUT2D eigenvalue weighted by Gasteiger charge is -2.20. The van der Waals surface area contributed by atoms with E-state index in [1.54, 1.807) is 6.08 Å². The number of rotatable bonds is 55. The average Bonchev–Trinajstić information content (AvgIpc) is 3.32. The molecule has 0 aromatic rings. The topological polar surface area (TPSA) is 95.9 Å². The molecule has 6 heteroatoms. The van der Waals surface area contributed by atoms with Crippen molar-refractivity contribution in [2.75, 3.05) is 13.2 Å². The molecule has 0 aliphatic rings. The van der Waals surface area contributed by atoms with Crippen LogP contribution in [-0.2, 0) is 14.3 Å². The molecule has 0 aliphatic heterocycles. The van der Waals surface area contributed by atoms with E-state index in [0.29, 0.717) is 19.4 Å². The maximum absolute atomic E-state index is 12.5. The van der Waals surface area contributed by atoms with Crippen LogP contribution in [0.3, 0.4) is 0 Å². The zero-order valence-corrected chi connectivity index (χ0v) is 44.4. The lowest BCUT2D eigenvalue weighted by molar-refractivity contribution is -0.143. The number of esters is 1. The van der Waals surface area contributed by atoms with Crippen molar-refractivity contribution in [2.45, 2.75) is 334 Å². The summed E-state index contributed by atoms with van der Waals surface area (Å²) < 4.78 is 5.48. The van der Waals surface area contributed by atoms with Gasteiger partial charge in [0.1, 0.15) is 0 Å². The summed E-state index contributed by atoms with van der Waals surface area (Å²) in [4.78, 5) is 24.6. The second kappa shape index (κ2) is 55.9. The Morgan fingerprint density at radius 2 is 0.712 bits per heavy atom. The van der Waals surface area contributed by atoms with Crippen LogP contribution in [-0.4, -0.2) is 47.4 Å². The fourth-order valence-corrected chi connectivity index (χ4v) is 9.16. The van der Waals surface area contributed by atoms with Gasteiger partial charge in [0, 0.05) is 12.8 Å². The van der Waals surface area contributed by atoms with Crippen LogP contribution in [0, 0.1) is 0 Å². The number of aliphatic hydroxyl groups excluding tert-OH is 2. The Labute approximate surface area is 411 Å².